The predicted molar refractivity (Wildman–Crippen MR) is 131 cm³/mol. The zero-order valence-corrected chi connectivity index (χ0v) is 17.3. The van der Waals surface area contributed by atoms with Crippen molar-refractivity contribution in [3.63, 3.8) is 0 Å². The van der Waals surface area contributed by atoms with E-state index >= 15 is 0 Å². The van der Waals surface area contributed by atoms with Crippen molar-refractivity contribution < 1.29 is 0 Å². The van der Waals surface area contributed by atoms with Crippen LogP contribution in [0.1, 0.15) is 0 Å². The van der Waals surface area contributed by atoms with Gasteiger partial charge in [-0.05, 0) is 32.7 Å². The van der Waals surface area contributed by atoms with Crippen LogP contribution < -0.4 is 0 Å². The normalized spacial score (nSPS) is 11.1. The molecule has 6 rings (SSSR count). The molecule has 3 nitrogen and oxygen atoms in total. The molecule has 1 aromatic heterocycles. The monoisotopic (exact) mass is 409 g/mol. The SMILES string of the molecule is c1ccc(-c2ncnc(-c3c4ccccc4c(-c4ccccc4)c4ccccc34)n2)cc1. The Hall–Kier alpha value is -4.37. The molecule has 0 atom stereocenters. The molecule has 3 heteroatoms. The lowest BCUT2D eigenvalue weighted by Gasteiger charge is -2.16. The van der Waals surface area contributed by atoms with Crippen LogP contribution in [0.5, 0.6) is 0 Å². The molecule has 0 spiro atoms. The minimum atomic E-state index is 0.677. The molecule has 0 saturated heterocycles. The Bertz CT molecular complexity index is 1500. The van der Waals surface area contributed by atoms with Crippen LogP contribution in [0.15, 0.2) is 116 Å². The summed E-state index contributed by atoms with van der Waals surface area (Å²) < 4.78 is 0. The third-order valence-corrected chi connectivity index (χ3v) is 5.82. The van der Waals surface area contributed by atoms with Crippen LogP contribution in [0, 0.1) is 0 Å². The van der Waals surface area contributed by atoms with Crippen molar-refractivity contribution in [1.29, 1.82) is 0 Å². The maximum absolute atomic E-state index is 4.89. The van der Waals surface area contributed by atoms with Crippen LogP contribution >= 0.6 is 0 Å². The fourth-order valence-electron chi connectivity index (χ4n) is 4.43. The fraction of sp³-hybridized carbons (Fsp3) is 0. The van der Waals surface area contributed by atoms with E-state index in [1.165, 1.54) is 21.9 Å². The second-order valence-electron chi connectivity index (χ2n) is 7.71. The molecular formula is C29H19N3. The van der Waals surface area contributed by atoms with Gasteiger partial charge in [-0.3, -0.25) is 0 Å². The molecule has 0 aliphatic carbocycles. The standard InChI is InChI=1S/C29H19N3/c1-3-11-20(12-4-1)26-22-15-7-9-17-24(22)27(25-18-10-8-16-23(25)26)29-31-19-30-28(32-29)21-13-5-2-6-14-21/h1-19H. The zero-order valence-electron chi connectivity index (χ0n) is 17.3. The number of hydrogen-bond donors (Lipinski definition) is 0. The molecule has 0 unspecified atom stereocenters. The summed E-state index contributed by atoms with van der Waals surface area (Å²) in [5, 5.41) is 4.65. The number of hydrogen-bond acceptors (Lipinski definition) is 3. The third-order valence-electron chi connectivity index (χ3n) is 5.82. The summed E-state index contributed by atoms with van der Waals surface area (Å²) in [5.41, 5.74) is 4.45. The van der Waals surface area contributed by atoms with Gasteiger partial charge in [0.2, 0.25) is 0 Å². The Morgan fingerprint density at radius 2 is 0.812 bits per heavy atom. The Kier molecular flexibility index (Phi) is 4.43. The number of fused-ring (bicyclic) bond motifs is 2. The molecular weight excluding hydrogens is 390 g/mol. The average molecular weight is 409 g/mol. The molecule has 150 valence electrons. The number of nitrogens with zero attached hydrogens (tertiary/aromatic N) is 3. The van der Waals surface area contributed by atoms with E-state index in [4.69, 9.17) is 4.98 Å². The maximum atomic E-state index is 4.89. The first-order valence-electron chi connectivity index (χ1n) is 10.6. The molecule has 0 radical (unpaired) electrons. The molecule has 0 fully saturated rings. The quantitative estimate of drug-likeness (QED) is 0.291. The van der Waals surface area contributed by atoms with E-state index in [0.29, 0.717) is 11.6 Å². The van der Waals surface area contributed by atoms with Gasteiger partial charge in [0.05, 0.1) is 0 Å². The lowest BCUT2D eigenvalue weighted by molar-refractivity contribution is 1.07. The van der Waals surface area contributed by atoms with Crippen molar-refractivity contribution in [2.24, 2.45) is 0 Å². The second kappa shape index (κ2) is 7.71. The Morgan fingerprint density at radius 3 is 1.38 bits per heavy atom. The molecule has 0 aliphatic rings. The van der Waals surface area contributed by atoms with Gasteiger partial charge in [0.1, 0.15) is 6.33 Å². The van der Waals surface area contributed by atoms with E-state index in [1.807, 2.05) is 30.3 Å². The van der Waals surface area contributed by atoms with Gasteiger partial charge in [-0.1, -0.05) is 109 Å². The topological polar surface area (TPSA) is 38.7 Å². The van der Waals surface area contributed by atoms with Gasteiger partial charge in [0.25, 0.3) is 0 Å². The summed E-state index contributed by atoms with van der Waals surface area (Å²) in [5.74, 6) is 1.36. The third kappa shape index (κ3) is 3.03. The van der Waals surface area contributed by atoms with Crippen LogP contribution in [0.25, 0.3) is 55.4 Å². The molecule has 0 amide bonds. The lowest BCUT2D eigenvalue weighted by atomic mass is 9.88. The molecule has 0 aliphatic heterocycles. The zero-order chi connectivity index (χ0) is 21.3. The van der Waals surface area contributed by atoms with Crippen molar-refractivity contribution in [3.05, 3.63) is 116 Å². The highest BCUT2D eigenvalue weighted by molar-refractivity contribution is 6.20. The Labute approximate surface area is 186 Å². The number of aromatic nitrogens is 3. The van der Waals surface area contributed by atoms with Crippen molar-refractivity contribution in [3.8, 4) is 33.9 Å². The molecule has 0 N–H and O–H groups in total. The van der Waals surface area contributed by atoms with Gasteiger partial charge in [0, 0.05) is 11.1 Å². The van der Waals surface area contributed by atoms with Crippen molar-refractivity contribution in [1.82, 2.24) is 15.0 Å². The number of rotatable bonds is 3. The molecule has 1 heterocycles. The highest BCUT2D eigenvalue weighted by Gasteiger charge is 2.18. The summed E-state index contributed by atoms with van der Waals surface area (Å²) in [6.45, 7) is 0. The summed E-state index contributed by atoms with van der Waals surface area (Å²) >= 11 is 0. The summed E-state index contributed by atoms with van der Waals surface area (Å²) in [6, 6.07) is 37.6. The van der Waals surface area contributed by atoms with Gasteiger partial charge < -0.3 is 0 Å². The summed E-state index contributed by atoms with van der Waals surface area (Å²) in [6.07, 6.45) is 1.61. The largest absolute Gasteiger partial charge is 0.217 e. The highest BCUT2D eigenvalue weighted by atomic mass is 15.0. The van der Waals surface area contributed by atoms with Crippen molar-refractivity contribution >= 4 is 21.5 Å². The molecule has 5 aromatic carbocycles. The average Bonchev–Trinajstić information content (AvgIpc) is 2.88. The van der Waals surface area contributed by atoms with Crippen LogP contribution in [0.2, 0.25) is 0 Å². The van der Waals surface area contributed by atoms with E-state index < -0.39 is 0 Å². The predicted octanol–water partition coefficient (Wildman–Crippen LogP) is 7.18. The smallest absolute Gasteiger partial charge is 0.164 e. The minimum absolute atomic E-state index is 0.677. The van der Waals surface area contributed by atoms with Gasteiger partial charge in [-0.2, -0.15) is 0 Å². The van der Waals surface area contributed by atoms with E-state index in [0.717, 1.165) is 21.9 Å². The van der Waals surface area contributed by atoms with Crippen LogP contribution in [-0.2, 0) is 0 Å². The van der Waals surface area contributed by atoms with Crippen molar-refractivity contribution in [2.45, 2.75) is 0 Å². The van der Waals surface area contributed by atoms with E-state index in [-0.39, 0.29) is 0 Å². The van der Waals surface area contributed by atoms with Crippen LogP contribution in [-0.4, -0.2) is 15.0 Å². The van der Waals surface area contributed by atoms with Gasteiger partial charge >= 0.3 is 0 Å². The Morgan fingerprint density at radius 1 is 0.375 bits per heavy atom. The van der Waals surface area contributed by atoms with Gasteiger partial charge in [-0.25, -0.2) is 15.0 Å². The lowest BCUT2D eigenvalue weighted by Crippen LogP contribution is -1.97. The summed E-state index contributed by atoms with van der Waals surface area (Å²) in [4.78, 5) is 13.9. The molecule has 6 aromatic rings. The van der Waals surface area contributed by atoms with Crippen LogP contribution in [0.4, 0.5) is 0 Å². The number of benzene rings is 5. The van der Waals surface area contributed by atoms with Crippen LogP contribution in [0.3, 0.4) is 0 Å². The molecule has 32 heavy (non-hydrogen) atoms. The van der Waals surface area contributed by atoms with E-state index in [1.54, 1.807) is 6.33 Å². The van der Waals surface area contributed by atoms with E-state index in [9.17, 15) is 0 Å². The summed E-state index contributed by atoms with van der Waals surface area (Å²) in [7, 11) is 0. The Balaban J connectivity index is 1.71. The van der Waals surface area contributed by atoms with Gasteiger partial charge in [-0.15, -0.1) is 0 Å². The minimum Gasteiger partial charge on any atom is -0.217 e. The van der Waals surface area contributed by atoms with Crippen molar-refractivity contribution in [2.75, 3.05) is 0 Å². The fourth-order valence-corrected chi connectivity index (χ4v) is 4.43. The molecule has 0 bridgehead atoms. The first-order chi connectivity index (χ1) is 15.9. The first-order valence-corrected chi connectivity index (χ1v) is 10.6. The maximum Gasteiger partial charge on any atom is 0.164 e. The van der Waals surface area contributed by atoms with E-state index in [2.05, 4.69) is 88.8 Å². The second-order valence-corrected chi connectivity index (χ2v) is 7.71. The van der Waals surface area contributed by atoms with Gasteiger partial charge in [0.15, 0.2) is 11.6 Å². The first kappa shape index (κ1) is 18.4. The molecule has 0 saturated carbocycles. The highest BCUT2D eigenvalue weighted by Crippen LogP contribution is 2.42.